The fourth-order valence-electron chi connectivity index (χ4n) is 7.36. The third-order valence-electron chi connectivity index (χ3n) is 8.69. The number of thioether (sulfide) groups is 1. The Hall–Kier alpha value is -2.59. The molecule has 1 saturated heterocycles. The molecule has 2 aromatic rings. The Kier molecular flexibility index (Phi) is 5.42. The number of carboxylic acid groups (broad SMARTS) is 1. The first-order chi connectivity index (χ1) is 17.1. The number of aromatic amines is 1. The molecule has 4 aliphatic rings. The second kappa shape index (κ2) is 8.21. The summed E-state index contributed by atoms with van der Waals surface area (Å²) in [4.78, 5) is 58.8. The molecule has 0 radical (unpaired) electrons. The van der Waals surface area contributed by atoms with Crippen LogP contribution in [0.2, 0.25) is 0 Å². The summed E-state index contributed by atoms with van der Waals surface area (Å²) in [6, 6.07) is 7.22. The summed E-state index contributed by atoms with van der Waals surface area (Å²) in [5.74, 6) is -3.09. The molecular formula is C26H29N3O5S2. The van der Waals surface area contributed by atoms with Crippen LogP contribution < -0.4 is 9.77 Å². The monoisotopic (exact) mass is 527 g/mol. The number of aromatic nitrogens is 1. The van der Waals surface area contributed by atoms with E-state index in [1.165, 1.54) is 11.3 Å². The van der Waals surface area contributed by atoms with E-state index in [0.717, 1.165) is 32.5 Å². The lowest BCUT2D eigenvalue weighted by Gasteiger charge is -2.43. The molecule has 1 aromatic carbocycles. The van der Waals surface area contributed by atoms with Crippen LogP contribution in [0.15, 0.2) is 34.1 Å². The number of fused-ring (bicyclic) bond motifs is 9. The lowest BCUT2D eigenvalue weighted by atomic mass is 9.68. The van der Waals surface area contributed by atoms with Crippen molar-refractivity contribution in [2.45, 2.75) is 42.5 Å². The number of carboxylic acids is 1. The van der Waals surface area contributed by atoms with Gasteiger partial charge in [-0.1, -0.05) is 37.3 Å². The smallest absolute Gasteiger partial charge is 0.327 e. The normalized spacial score (nSPS) is 33.0. The van der Waals surface area contributed by atoms with E-state index in [4.69, 9.17) is 0 Å². The number of thiazole rings is 1. The second-order valence-electron chi connectivity index (χ2n) is 11.0. The van der Waals surface area contributed by atoms with Crippen LogP contribution in [-0.4, -0.2) is 58.2 Å². The third kappa shape index (κ3) is 3.19. The van der Waals surface area contributed by atoms with Crippen LogP contribution in [-0.2, 0) is 14.4 Å². The minimum atomic E-state index is -1.14. The summed E-state index contributed by atoms with van der Waals surface area (Å²) in [6.45, 7) is 3.47. The number of rotatable bonds is 5. The van der Waals surface area contributed by atoms with E-state index in [9.17, 15) is 24.3 Å². The topological polar surface area (TPSA) is 111 Å². The minimum Gasteiger partial charge on any atom is -0.480 e. The van der Waals surface area contributed by atoms with E-state index in [1.54, 1.807) is 25.6 Å². The highest BCUT2D eigenvalue weighted by molar-refractivity contribution is 8.00. The predicted octanol–water partition coefficient (Wildman–Crippen LogP) is 3.08. The number of carbonyl (C=O) groups is 3. The Morgan fingerprint density at radius 1 is 1.08 bits per heavy atom. The zero-order valence-electron chi connectivity index (χ0n) is 20.5. The Labute approximate surface area is 217 Å². The summed E-state index contributed by atoms with van der Waals surface area (Å²) < 4.78 is 0. The van der Waals surface area contributed by atoms with Gasteiger partial charge in [0.05, 0.1) is 16.9 Å². The average molecular weight is 528 g/mol. The van der Waals surface area contributed by atoms with Crippen molar-refractivity contribution in [3.63, 3.8) is 0 Å². The maximum absolute atomic E-state index is 13.7. The van der Waals surface area contributed by atoms with Crippen LogP contribution in [0.1, 0.15) is 36.6 Å². The van der Waals surface area contributed by atoms with Gasteiger partial charge in [-0.05, 0) is 47.8 Å². The Morgan fingerprint density at radius 3 is 2.31 bits per heavy atom. The molecule has 8 nitrogen and oxygen atoms in total. The average Bonchev–Trinajstić information content (AvgIpc) is 3.54. The molecular weight excluding hydrogens is 498 g/mol. The Bertz CT molecular complexity index is 1320. The molecule has 2 saturated carbocycles. The minimum absolute atomic E-state index is 0.0156. The van der Waals surface area contributed by atoms with Crippen molar-refractivity contribution in [3.05, 3.63) is 44.4 Å². The Balaban J connectivity index is 1.42. The van der Waals surface area contributed by atoms with E-state index < -0.39 is 23.8 Å². The molecule has 0 unspecified atom stereocenters. The highest BCUT2D eigenvalue weighted by atomic mass is 32.2. The van der Waals surface area contributed by atoms with Crippen LogP contribution in [0.4, 0.5) is 5.69 Å². The molecule has 10 heteroatoms. The van der Waals surface area contributed by atoms with Gasteiger partial charge in [0.2, 0.25) is 11.8 Å². The standard InChI is InChI=1S/C26H29N3O5S2/c1-10(2)19(25(32)33)29-23(30)17-13-9-14(18(17)24(29)31)20-16(13)15(21-22(35-20)27-26(34)36-21)11-5-7-12(8-6-11)28(3)4/h5-8,10,13-20H,9H2,1-4H3,(H,27,34)(H,32,33)/t13-,14-,15-,16+,17+,18-,19-,20-/m1/s1. The van der Waals surface area contributed by atoms with Crippen molar-refractivity contribution in [1.82, 2.24) is 9.88 Å². The van der Waals surface area contributed by atoms with Crippen LogP contribution >= 0.6 is 23.1 Å². The van der Waals surface area contributed by atoms with Crippen molar-refractivity contribution >= 4 is 46.6 Å². The predicted molar refractivity (Wildman–Crippen MR) is 137 cm³/mol. The third-order valence-corrected chi connectivity index (χ3v) is 11.3. The van der Waals surface area contributed by atoms with Gasteiger partial charge >= 0.3 is 10.8 Å². The molecule has 6 rings (SSSR count). The van der Waals surface area contributed by atoms with Crippen LogP contribution in [0.5, 0.6) is 0 Å². The number of hydrogen-bond donors (Lipinski definition) is 2. The zero-order chi connectivity index (χ0) is 25.6. The molecule has 2 aliphatic carbocycles. The van der Waals surface area contributed by atoms with E-state index >= 15 is 0 Å². The van der Waals surface area contributed by atoms with E-state index in [-0.39, 0.29) is 51.5 Å². The number of H-pyrrole nitrogens is 1. The van der Waals surface area contributed by atoms with Gasteiger partial charge in [-0.2, -0.15) is 0 Å². The number of nitrogens with one attached hydrogen (secondary N) is 1. The number of benzene rings is 1. The number of amides is 2. The van der Waals surface area contributed by atoms with Gasteiger partial charge < -0.3 is 15.0 Å². The number of likely N-dealkylation sites (tertiary alicyclic amines) is 1. The van der Waals surface area contributed by atoms with Gasteiger partial charge in [-0.3, -0.25) is 19.3 Å². The number of anilines is 1. The lowest BCUT2D eigenvalue weighted by molar-refractivity contribution is -0.157. The number of carbonyl (C=O) groups excluding carboxylic acids is 2. The first-order valence-electron chi connectivity index (χ1n) is 12.4. The molecule has 0 spiro atoms. The van der Waals surface area contributed by atoms with Gasteiger partial charge in [-0.15, -0.1) is 11.8 Å². The number of imide groups is 1. The van der Waals surface area contributed by atoms with Crippen molar-refractivity contribution in [1.29, 1.82) is 0 Å². The first kappa shape index (κ1) is 23.8. The fourth-order valence-corrected chi connectivity index (χ4v) is 10.2. The molecule has 2 N–H and O–H groups in total. The summed E-state index contributed by atoms with van der Waals surface area (Å²) >= 11 is 2.88. The van der Waals surface area contributed by atoms with Crippen molar-refractivity contribution < 1.29 is 19.5 Å². The van der Waals surface area contributed by atoms with Gasteiger partial charge in [0.25, 0.3) is 0 Å². The van der Waals surface area contributed by atoms with Crippen LogP contribution in [0.25, 0.3) is 0 Å². The molecule has 36 heavy (non-hydrogen) atoms. The van der Waals surface area contributed by atoms with Crippen molar-refractivity contribution in [2.75, 3.05) is 19.0 Å². The fraction of sp³-hybridized carbons (Fsp3) is 0.538. The number of aliphatic carboxylic acids is 1. The maximum atomic E-state index is 13.7. The molecule has 3 fully saturated rings. The molecule has 3 heterocycles. The molecule has 190 valence electrons. The van der Waals surface area contributed by atoms with Crippen LogP contribution in [0, 0.1) is 35.5 Å². The van der Waals surface area contributed by atoms with Crippen LogP contribution in [0.3, 0.4) is 0 Å². The first-order valence-corrected chi connectivity index (χ1v) is 14.1. The van der Waals surface area contributed by atoms with E-state index in [2.05, 4.69) is 29.2 Å². The number of nitrogens with zero attached hydrogens (tertiary/aromatic N) is 2. The summed E-state index contributed by atoms with van der Waals surface area (Å²) in [7, 11) is 3.98. The zero-order valence-corrected chi connectivity index (χ0v) is 22.1. The lowest BCUT2D eigenvalue weighted by Crippen LogP contribution is -2.49. The quantitative estimate of drug-likeness (QED) is 0.575. The summed E-state index contributed by atoms with van der Waals surface area (Å²) in [6.07, 6.45) is 0.786. The highest BCUT2D eigenvalue weighted by Gasteiger charge is 2.70. The van der Waals surface area contributed by atoms with Crippen molar-refractivity contribution in [3.8, 4) is 0 Å². The van der Waals surface area contributed by atoms with E-state index in [1.807, 2.05) is 19.0 Å². The van der Waals surface area contributed by atoms with Crippen molar-refractivity contribution in [2.24, 2.45) is 35.5 Å². The summed E-state index contributed by atoms with van der Waals surface area (Å²) in [5.41, 5.74) is 2.19. The second-order valence-corrected chi connectivity index (χ2v) is 13.2. The van der Waals surface area contributed by atoms with Gasteiger partial charge in [0.15, 0.2) is 0 Å². The number of hydrogen-bond acceptors (Lipinski definition) is 7. The Morgan fingerprint density at radius 2 is 1.72 bits per heavy atom. The molecule has 1 aromatic heterocycles. The van der Waals surface area contributed by atoms with E-state index in [0.29, 0.717) is 0 Å². The van der Waals surface area contributed by atoms with Gasteiger partial charge in [-0.25, -0.2) is 4.79 Å². The molecule has 2 amide bonds. The molecule has 8 atom stereocenters. The van der Waals surface area contributed by atoms with Gasteiger partial charge in [0.1, 0.15) is 6.04 Å². The largest absolute Gasteiger partial charge is 0.480 e. The SMILES string of the molecule is CC(C)[C@H](C(=O)O)N1C(=O)[C@@H]2[C@H]3C[C@@H]([C@@H]2C1=O)[C@H]1[C@@H](c2ccc(N(C)C)cc2)c2sc(=O)[nH]c2S[C@H]31. The highest BCUT2D eigenvalue weighted by Crippen LogP contribution is 2.68. The maximum Gasteiger partial charge on any atom is 0.327 e. The summed E-state index contributed by atoms with van der Waals surface area (Å²) in [5, 5.41) is 10.8. The molecule has 2 aliphatic heterocycles. The van der Waals surface area contributed by atoms with Gasteiger partial charge in [0, 0.05) is 35.8 Å². The molecule has 2 bridgehead atoms.